The number of halogens is 4. The molecule has 0 aromatic heterocycles. The van der Waals surface area contributed by atoms with Gasteiger partial charge in [0, 0.05) is 39.9 Å². The van der Waals surface area contributed by atoms with Crippen LogP contribution in [-0.4, -0.2) is 36.7 Å². The summed E-state index contributed by atoms with van der Waals surface area (Å²) in [6.07, 6.45) is 2.85. The van der Waals surface area contributed by atoms with Crippen LogP contribution in [0.3, 0.4) is 0 Å². The zero-order chi connectivity index (χ0) is 30.8. The molecule has 6 nitrogen and oxygen atoms in total. The maximum atomic E-state index is 15.0. The van der Waals surface area contributed by atoms with Crippen molar-refractivity contribution in [1.82, 2.24) is 5.32 Å². The van der Waals surface area contributed by atoms with Crippen molar-refractivity contribution in [1.29, 1.82) is 0 Å². The van der Waals surface area contributed by atoms with E-state index in [9.17, 15) is 27.9 Å². The van der Waals surface area contributed by atoms with Gasteiger partial charge in [0.1, 0.15) is 17.4 Å². The predicted molar refractivity (Wildman–Crippen MR) is 158 cm³/mol. The van der Waals surface area contributed by atoms with Gasteiger partial charge in [-0.05, 0) is 60.9 Å². The molecule has 4 aromatic carbocycles. The van der Waals surface area contributed by atoms with E-state index >= 15 is 0 Å². The summed E-state index contributed by atoms with van der Waals surface area (Å²) in [6, 6.07) is 18.9. The van der Waals surface area contributed by atoms with Crippen LogP contribution in [0, 0.1) is 17.5 Å². The first-order chi connectivity index (χ1) is 20.7. The number of unbranched alkanes of at least 4 members (excludes halogenated alkanes) is 3. The van der Waals surface area contributed by atoms with Crippen molar-refractivity contribution in [2.45, 2.75) is 25.7 Å². The van der Waals surface area contributed by atoms with E-state index in [2.05, 4.69) is 5.32 Å². The van der Waals surface area contributed by atoms with Crippen molar-refractivity contribution >= 4 is 23.5 Å². The van der Waals surface area contributed by atoms with Crippen LogP contribution in [0.5, 0.6) is 11.5 Å². The Balaban J connectivity index is 1.46. The fourth-order valence-electron chi connectivity index (χ4n) is 4.46. The Morgan fingerprint density at radius 3 is 2.28 bits per heavy atom. The van der Waals surface area contributed by atoms with Gasteiger partial charge in [-0.1, -0.05) is 54.8 Å². The molecule has 0 saturated heterocycles. The van der Waals surface area contributed by atoms with E-state index in [0.717, 1.165) is 25.0 Å². The Bertz CT molecular complexity index is 1600. The lowest BCUT2D eigenvalue weighted by atomic mass is 9.93. The fourth-order valence-corrected chi connectivity index (χ4v) is 4.65. The molecule has 0 atom stereocenters. The summed E-state index contributed by atoms with van der Waals surface area (Å²) in [6.45, 7) is -0.0359. The molecule has 224 valence electrons. The van der Waals surface area contributed by atoms with Gasteiger partial charge in [0.2, 0.25) is 0 Å². The minimum atomic E-state index is -1.22. The normalized spacial score (nSPS) is 10.8. The second-order valence-electron chi connectivity index (χ2n) is 9.67. The lowest BCUT2D eigenvalue weighted by Crippen LogP contribution is -2.24. The summed E-state index contributed by atoms with van der Waals surface area (Å²) in [5.41, 5.74) is 1.53. The van der Waals surface area contributed by atoms with E-state index in [-0.39, 0.29) is 34.8 Å². The third-order valence-corrected chi connectivity index (χ3v) is 6.73. The number of carbonyl (C=O) groups excluding carboxylic acids is 1. The Hall–Kier alpha value is -4.50. The van der Waals surface area contributed by atoms with E-state index in [1.165, 1.54) is 30.3 Å². The van der Waals surface area contributed by atoms with Gasteiger partial charge in [0.05, 0.1) is 6.61 Å². The van der Waals surface area contributed by atoms with Crippen molar-refractivity contribution in [2.24, 2.45) is 0 Å². The molecule has 1 amide bonds. The lowest BCUT2D eigenvalue weighted by Gasteiger charge is -2.18. The third-order valence-electron chi connectivity index (χ3n) is 6.50. The number of hydrogen-bond donors (Lipinski definition) is 2. The molecule has 0 saturated carbocycles. The minimum absolute atomic E-state index is 0.0000568. The number of nitrogens with one attached hydrogen (secondary N) is 1. The first-order valence-corrected chi connectivity index (χ1v) is 14.0. The number of ether oxygens (including phenoxy) is 2. The lowest BCUT2D eigenvalue weighted by molar-refractivity contribution is -0.139. The Kier molecular flexibility index (Phi) is 11.0. The van der Waals surface area contributed by atoms with E-state index < -0.39 is 35.9 Å². The summed E-state index contributed by atoms with van der Waals surface area (Å²) in [5.74, 6) is -3.50. The number of hydrogen-bond acceptors (Lipinski definition) is 4. The number of carboxylic acid groups (broad SMARTS) is 1. The van der Waals surface area contributed by atoms with Gasteiger partial charge in [0.25, 0.3) is 5.91 Å². The van der Waals surface area contributed by atoms with Crippen molar-refractivity contribution in [2.75, 3.05) is 19.8 Å². The standard InChI is InChI=1S/C33H29ClF3NO5/c34-23-9-7-8-21(16-23)26-17-22(18-27(32(26)43-20-31(39)40)25-10-3-4-11-28(25)36)33(41)38-14-5-1-2-6-15-42-30-13-12-24(35)19-29(30)37/h3-4,7-13,16-19H,1-2,5-6,14-15,20H2,(H,38,41)(H,39,40). The smallest absolute Gasteiger partial charge is 0.341 e. The maximum Gasteiger partial charge on any atom is 0.341 e. The van der Waals surface area contributed by atoms with Crippen LogP contribution in [0.2, 0.25) is 5.02 Å². The molecule has 0 heterocycles. The highest BCUT2D eigenvalue weighted by Gasteiger charge is 2.21. The quantitative estimate of drug-likeness (QED) is 0.142. The van der Waals surface area contributed by atoms with Crippen LogP contribution in [0.4, 0.5) is 13.2 Å². The van der Waals surface area contributed by atoms with E-state index in [0.29, 0.717) is 35.5 Å². The van der Waals surface area contributed by atoms with Gasteiger partial charge in [-0.15, -0.1) is 0 Å². The monoisotopic (exact) mass is 611 g/mol. The second kappa shape index (κ2) is 15.1. The highest BCUT2D eigenvalue weighted by Crippen LogP contribution is 2.42. The topological polar surface area (TPSA) is 84.9 Å². The molecular formula is C33H29ClF3NO5. The highest BCUT2D eigenvalue weighted by molar-refractivity contribution is 6.30. The van der Waals surface area contributed by atoms with E-state index in [1.54, 1.807) is 36.4 Å². The molecule has 4 aromatic rings. The van der Waals surface area contributed by atoms with E-state index in [4.69, 9.17) is 21.1 Å². The molecule has 10 heteroatoms. The number of rotatable bonds is 14. The fraction of sp³-hybridized carbons (Fsp3) is 0.212. The van der Waals surface area contributed by atoms with Gasteiger partial charge >= 0.3 is 5.97 Å². The molecule has 4 rings (SSSR count). The number of carbonyl (C=O) groups is 2. The Morgan fingerprint density at radius 1 is 0.767 bits per heavy atom. The first kappa shape index (κ1) is 31.4. The highest BCUT2D eigenvalue weighted by atomic mass is 35.5. The van der Waals surface area contributed by atoms with Crippen LogP contribution in [-0.2, 0) is 4.79 Å². The third kappa shape index (κ3) is 8.75. The minimum Gasteiger partial charge on any atom is -0.491 e. The molecule has 0 aliphatic heterocycles. The summed E-state index contributed by atoms with van der Waals surface area (Å²) in [5, 5.41) is 12.6. The van der Waals surface area contributed by atoms with Gasteiger partial charge in [-0.2, -0.15) is 0 Å². The molecule has 0 radical (unpaired) electrons. The Labute approximate surface area is 252 Å². The molecule has 0 spiro atoms. The summed E-state index contributed by atoms with van der Waals surface area (Å²) in [4.78, 5) is 24.6. The van der Waals surface area contributed by atoms with Crippen LogP contribution in [0.25, 0.3) is 22.3 Å². The van der Waals surface area contributed by atoms with Crippen molar-refractivity contribution in [3.05, 3.63) is 107 Å². The van der Waals surface area contributed by atoms with Gasteiger partial charge in [-0.25, -0.2) is 18.0 Å². The maximum absolute atomic E-state index is 15.0. The molecule has 43 heavy (non-hydrogen) atoms. The molecule has 0 aliphatic rings. The van der Waals surface area contributed by atoms with E-state index in [1.807, 2.05) is 0 Å². The zero-order valence-corrected chi connectivity index (χ0v) is 23.8. The molecular weight excluding hydrogens is 583 g/mol. The summed E-state index contributed by atoms with van der Waals surface area (Å²) < 4.78 is 52.6. The van der Waals surface area contributed by atoms with Crippen molar-refractivity contribution < 1.29 is 37.3 Å². The largest absolute Gasteiger partial charge is 0.491 e. The molecule has 0 unspecified atom stereocenters. The molecule has 2 N–H and O–H groups in total. The number of amides is 1. The summed E-state index contributed by atoms with van der Waals surface area (Å²) >= 11 is 6.22. The average Bonchev–Trinajstić information content (AvgIpc) is 2.98. The SMILES string of the molecule is O=C(O)COc1c(-c2cccc(Cl)c2)cc(C(=O)NCCCCCCOc2ccc(F)cc2F)cc1-c1ccccc1F. The van der Waals surface area contributed by atoms with Gasteiger partial charge in [-0.3, -0.25) is 4.79 Å². The molecule has 0 fully saturated rings. The molecule has 0 bridgehead atoms. The number of aliphatic carboxylic acids is 1. The van der Waals surface area contributed by atoms with Gasteiger partial charge < -0.3 is 19.9 Å². The molecule has 0 aliphatic carbocycles. The van der Waals surface area contributed by atoms with Crippen LogP contribution < -0.4 is 14.8 Å². The second-order valence-corrected chi connectivity index (χ2v) is 10.1. The number of benzene rings is 4. The Morgan fingerprint density at radius 2 is 1.53 bits per heavy atom. The van der Waals surface area contributed by atoms with Crippen molar-refractivity contribution in [3.63, 3.8) is 0 Å². The predicted octanol–water partition coefficient (Wildman–Crippen LogP) is 7.92. The summed E-state index contributed by atoms with van der Waals surface area (Å²) in [7, 11) is 0. The van der Waals surface area contributed by atoms with Crippen LogP contribution in [0.15, 0.2) is 78.9 Å². The van der Waals surface area contributed by atoms with Gasteiger partial charge in [0.15, 0.2) is 18.2 Å². The van der Waals surface area contributed by atoms with Crippen molar-refractivity contribution in [3.8, 4) is 33.8 Å². The average molecular weight is 612 g/mol. The van der Waals surface area contributed by atoms with Crippen LogP contribution in [0.1, 0.15) is 36.0 Å². The van der Waals surface area contributed by atoms with Crippen LogP contribution >= 0.6 is 11.6 Å². The zero-order valence-electron chi connectivity index (χ0n) is 23.0. The number of carboxylic acids is 1. The first-order valence-electron chi connectivity index (χ1n) is 13.6.